The third-order valence-corrected chi connectivity index (χ3v) is 10.4. The molecule has 0 fully saturated rings. The number of nitrogens with zero attached hydrogens (tertiary/aromatic N) is 4. The van der Waals surface area contributed by atoms with Gasteiger partial charge in [0.2, 0.25) is 0 Å². The van der Waals surface area contributed by atoms with E-state index in [1.54, 1.807) is 0 Å². The van der Waals surface area contributed by atoms with Crippen LogP contribution in [0.3, 0.4) is 0 Å². The zero-order valence-electron chi connectivity index (χ0n) is 29.0. The lowest BCUT2D eigenvalue weighted by Crippen LogP contribution is -2.00. The molecule has 0 aliphatic rings. The van der Waals surface area contributed by atoms with Gasteiger partial charge in [0.15, 0.2) is 23.1 Å². The SMILES string of the molecule is c1ccc(-c2nc(-c3ccccc3)nc(-c3ccc4c(c3)oc3c(-n5c6ccccc6c6c7ccccc7c(-c7ccccc7)cc65)cccc34)n2)cc1. The summed E-state index contributed by atoms with van der Waals surface area (Å²) in [5, 5.41) is 6.98. The molecule has 54 heavy (non-hydrogen) atoms. The van der Waals surface area contributed by atoms with Crippen molar-refractivity contribution in [3.05, 3.63) is 182 Å². The van der Waals surface area contributed by atoms with Gasteiger partial charge in [0, 0.05) is 38.2 Å². The van der Waals surface area contributed by atoms with Crippen LogP contribution in [0.4, 0.5) is 0 Å². The quantitative estimate of drug-likeness (QED) is 0.180. The van der Waals surface area contributed by atoms with Crippen molar-refractivity contribution in [1.29, 1.82) is 0 Å². The fraction of sp³-hybridized carbons (Fsp3) is 0. The Morgan fingerprint density at radius 3 is 1.61 bits per heavy atom. The number of aromatic nitrogens is 4. The molecular formula is C49H30N4O. The zero-order valence-corrected chi connectivity index (χ0v) is 29.0. The highest BCUT2D eigenvalue weighted by Gasteiger charge is 2.21. The standard InChI is InChI=1S/C49H30N4O/c1-4-15-31(16-5-1)40-30-43-45(37-22-11-10-21-35(37)40)39-23-12-13-25-41(39)53(43)42-26-14-24-38-36-28-27-34(29-44(36)54-46(38)42)49-51-47(32-17-6-2-7-18-32)50-48(52-49)33-19-8-3-9-20-33/h1-30H. The average molecular weight is 691 g/mol. The molecule has 0 spiro atoms. The smallest absolute Gasteiger partial charge is 0.164 e. The summed E-state index contributed by atoms with van der Waals surface area (Å²) in [6.45, 7) is 0. The first-order valence-corrected chi connectivity index (χ1v) is 18.1. The van der Waals surface area contributed by atoms with E-state index >= 15 is 0 Å². The fourth-order valence-electron chi connectivity index (χ4n) is 7.98. The first-order chi connectivity index (χ1) is 26.8. The summed E-state index contributed by atoms with van der Waals surface area (Å²) >= 11 is 0. The molecule has 0 radical (unpaired) electrons. The Kier molecular flexibility index (Phi) is 6.79. The van der Waals surface area contributed by atoms with Crippen molar-refractivity contribution in [2.24, 2.45) is 0 Å². The van der Waals surface area contributed by atoms with Crippen LogP contribution in [0, 0.1) is 0 Å². The maximum atomic E-state index is 6.91. The third kappa shape index (κ3) is 4.76. The Labute approximate surface area is 310 Å². The maximum Gasteiger partial charge on any atom is 0.164 e. The maximum absolute atomic E-state index is 6.91. The van der Waals surface area contributed by atoms with Gasteiger partial charge in [-0.3, -0.25) is 0 Å². The molecule has 0 atom stereocenters. The first kappa shape index (κ1) is 30.3. The molecule has 3 aromatic heterocycles. The molecule has 0 saturated carbocycles. The van der Waals surface area contributed by atoms with E-state index < -0.39 is 0 Å². The van der Waals surface area contributed by atoms with E-state index in [1.165, 1.54) is 32.7 Å². The van der Waals surface area contributed by atoms with Crippen molar-refractivity contribution in [3.63, 3.8) is 0 Å². The Morgan fingerprint density at radius 2 is 0.926 bits per heavy atom. The van der Waals surface area contributed by atoms with Gasteiger partial charge in [-0.1, -0.05) is 152 Å². The second kappa shape index (κ2) is 12.1. The molecule has 0 aliphatic carbocycles. The van der Waals surface area contributed by atoms with E-state index in [1.807, 2.05) is 60.7 Å². The lowest BCUT2D eigenvalue weighted by Gasteiger charge is -2.12. The minimum Gasteiger partial charge on any atom is -0.454 e. The molecular weight excluding hydrogens is 661 g/mol. The summed E-state index contributed by atoms with van der Waals surface area (Å²) in [7, 11) is 0. The molecule has 0 aliphatic heterocycles. The van der Waals surface area contributed by atoms with Crippen LogP contribution in [-0.2, 0) is 0 Å². The molecule has 0 saturated heterocycles. The van der Waals surface area contributed by atoms with Crippen molar-refractivity contribution in [3.8, 4) is 51.0 Å². The predicted molar refractivity (Wildman–Crippen MR) is 221 cm³/mol. The van der Waals surface area contributed by atoms with Crippen LogP contribution in [0.2, 0.25) is 0 Å². The highest BCUT2D eigenvalue weighted by atomic mass is 16.3. The van der Waals surface area contributed by atoms with Crippen molar-refractivity contribution in [1.82, 2.24) is 19.5 Å². The molecule has 11 aromatic rings. The number of hydrogen-bond donors (Lipinski definition) is 0. The summed E-state index contributed by atoms with van der Waals surface area (Å²) in [6, 6.07) is 63.3. The lowest BCUT2D eigenvalue weighted by atomic mass is 9.95. The van der Waals surface area contributed by atoms with Crippen LogP contribution in [0.5, 0.6) is 0 Å². The zero-order chi connectivity index (χ0) is 35.6. The van der Waals surface area contributed by atoms with E-state index in [0.29, 0.717) is 17.5 Å². The largest absolute Gasteiger partial charge is 0.454 e. The fourth-order valence-corrected chi connectivity index (χ4v) is 7.98. The predicted octanol–water partition coefficient (Wildman–Crippen LogP) is 12.7. The van der Waals surface area contributed by atoms with Gasteiger partial charge in [-0.15, -0.1) is 0 Å². The van der Waals surface area contributed by atoms with Crippen molar-refractivity contribution < 1.29 is 4.42 Å². The first-order valence-electron chi connectivity index (χ1n) is 18.1. The summed E-state index contributed by atoms with van der Waals surface area (Å²) in [5.41, 5.74) is 9.96. The number of rotatable bonds is 5. The summed E-state index contributed by atoms with van der Waals surface area (Å²) in [5.74, 6) is 1.84. The van der Waals surface area contributed by atoms with Gasteiger partial charge in [0.05, 0.1) is 16.7 Å². The van der Waals surface area contributed by atoms with E-state index in [9.17, 15) is 0 Å². The van der Waals surface area contributed by atoms with Gasteiger partial charge in [0.1, 0.15) is 5.58 Å². The molecule has 11 rings (SSSR count). The molecule has 5 heteroatoms. The highest BCUT2D eigenvalue weighted by Crippen LogP contribution is 2.43. The van der Waals surface area contributed by atoms with Crippen LogP contribution in [-0.4, -0.2) is 19.5 Å². The molecule has 0 unspecified atom stereocenters. The normalized spacial score (nSPS) is 11.7. The van der Waals surface area contributed by atoms with Crippen LogP contribution < -0.4 is 0 Å². The van der Waals surface area contributed by atoms with Crippen LogP contribution >= 0.6 is 0 Å². The van der Waals surface area contributed by atoms with Gasteiger partial charge in [-0.2, -0.15) is 0 Å². The van der Waals surface area contributed by atoms with Crippen LogP contribution in [0.25, 0.3) is 105 Å². The average Bonchev–Trinajstić information content (AvgIpc) is 3.80. The lowest BCUT2D eigenvalue weighted by molar-refractivity contribution is 0.666. The molecule has 0 amide bonds. The van der Waals surface area contributed by atoms with Crippen molar-refractivity contribution >= 4 is 54.5 Å². The van der Waals surface area contributed by atoms with Gasteiger partial charge >= 0.3 is 0 Å². The summed E-state index contributed by atoms with van der Waals surface area (Å²) in [6.07, 6.45) is 0. The van der Waals surface area contributed by atoms with Crippen molar-refractivity contribution in [2.45, 2.75) is 0 Å². The molecule has 0 bridgehead atoms. The van der Waals surface area contributed by atoms with Crippen LogP contribution in [0.15, 0.2) is 186 Å². The summed E-state index contributed by atoms with van der Waals surface area (Å²) in [4.78, 5) is 14.8. The van der Waals surface area contributed by atoms with Gasteiger partial charge in [0.25, 0.3) is 0 Å². The second-order valence-electron chi connectivity index (χ2n) is 13.6. The number of para-hydroxylation sites is 2. The molecule has 5 nitrogen and oxygen atoms in total. The Balaban J connectivity index is 1.14. The molecule has 0 N–H and O–H groups in total. The topological polar surface area (TPSA) is 56.7 Å². The van der Waals surface area contributed by atoms with E-state index in [2.05, 4.69) is 126 Å². The minimum atomic E-state index is 0.591. The van der Waals surface area contributed by atoms with Gasteiger partial charge in [-0.05, 0) is 52.2 Å². The Bertz CT molecular complexity index is 3140. The number of hydrogen-bond acceptors (Lipinski definition) is 4. The van der Waals surface area contributed by atoms with Crippen LogP contribution in [0.1, 0.15) is 0 Å². The van der Waals surface area contributed by atoms with Crippen molar-refractivity contribution in [2.75, 3.05) is 0 Å². The minimum absolute atomic E-state index is 0.591. The molecule has 252 valence electrons. The van der Waals surface area contributed by atoms with E-state index in [0.717, 1.165) is 55.3 Å². The monoisotopic (exact) mass is 690 g/mol. The number of benzene rings is 8. The van der Waals surface area contributed by atoms with E-state index in [4.69, 9.17) is 19.4 Å². The Morgan fingerprint density at radius 1 is 0.370 bits per heavy atom. The number of fused-ring (bicyclic) bond motifs is 8. The van der Waals surface area contributed by atoms with Gasteiger partial charge in [-0.25, -0.2) is 15.0 Å². The second-order valence-corrected chi connectivity index (χ2v) is 13.6. The number of furan rings is 1. The molecule has 3 heterocycles. The molecule has 8 aromatic carbocycles. The third-order valence-electron chi connectivity index (χ3n) is 10.4. The van der Waals surface area contributed by atoms with E-state index in [-0.39, 0.29) is 0 Å². The highest BCUT2D eigenvalue weighted by molar-refractivity contribution is 6.24. The summed E-state index contributed by atoms with van der Waals surface area (Å²) < 4.78 is 9.28. The van der Waals surface area contributed by atoms with Gasteiger partial charge < -0.3 is 8.98 Å². The Hall–Kier alpha value is -7.37.